The Bertz CT molecular complexity index is 759. The molecular formula is C20H26N4O2S. The monoisotopic (exact) mass is 386 g/mol. The first-order valence-corrected chi connectivity index (χ1v) is 10.3. The van der Waals surface area contributed by atoms with Crippen LogP contribution in [-0.2, 0) is 4.79 Å². The third-order valence-electron chi connectivity index (χ3n) is 4.59. The van der Waals surface area contributed by atoms with Crippen molar-refractivity contribution >= 4 is 34.7 Å². The molecule has 3 rings (SSSR count). The highest BCUT2D eigenvalue weighted by atomic mass is 32.1. The maximum atomic E-state index is 12.4. The summed E-state index contributed by atoms with van der Waals surface area (Å²) < 4.78 is 0. The van der Waals surface area contributed by atoms with E-state index >= 15 is 0 Å². The van der Waals surface area contributed by atoms with E-state index in [9.17, 15) is 9.59 Å². The van der Waals surface area contributed by atoms with Gasteiger partial charge in [0.2, 0.25) is 5.91 Å². The summed E-state index contributed by atoms with van der Waals surface area (Å²) in [5, 5.41) is 9.58. The molecule has 27 heavy (non-hydrogen) atoms. The fourth-order valence-corrected chi connectivity index (χ4v) is 3.73. The molecule has 2 aromatic heterocycles. The van der Waals surface area contributed by atoms with Crippen LogP contribution in [0, 0.1) is 11.8 Å². The molecule has 144 valence electrons. The van der Waals surface area contributed by atoms with E-state index in [2.05, 4.69) is 34.4 Å². The zero-order valence-corrected chi connectivity index (χ0v) is 16.6. The second kappa shape index (κ2) is 8.99. The van der Waals surface area contributed by atoms with Crippen LogP contribution in [0.2, 0.25) is 0 Å². The minimum absolute atomic E-state index is 0.00253. The zero-order valence-electron chi connectivity index (χ0n) is 15.8. The van der Waals surface area contributed by atoms with Crippen molar-refractivity contribution in [1.29, 1.82) is 0 Å². The largest absolute Gasteiger partial charge is 0.356 e. The Morgan fingerprint density at radius 3 is 2.85 bits per heavy atom. The Hall–Kier alpha value is -2.41. The molecule has 7 heteroatoms. The van der Waals surface area contributed by atoms with Gasteiger partial charge in [0.15, 0.2) is 0 Å². The minimum atomic E-state index is -0.134. The van der Waals surface area contributed by atoms with Gasteiger partial charge in [0.05, 0.1) is 23.4 Å². The number of aromatic nitrogens is 1. The van der Waals surface area contributed by atoms with Gasteiger partial charge in [-0.15, -0.1) is 0 Å². The normalized spacial score (nSPS) is 17.0. The summed E-state index contributed by atoms with van der Waals surface area (Å²) in [6.45, 7) is 6.47. The van der Waals surface area contributed by atoms with Crippen LogP contribution >= 0.6 is 11.3 Å². The number of piperidine rings is 1. The van der Waals surface area contributed by atoms with Crippen molar-refractivity contribution in [2.75, 3.05) is 29.9 Å². The van der Waals surface area contributed by atoms with Crippen LogP contribution in [0.3, 0.4) is 0 Å². The molecular weight excluding hydrogens is 360 g/mol. The summed E-state index contributed by atoms with van der Waals surface area (Å²) in [7, 11) is 0. The number of nitrogens with one attached hydrogen (secondary N) is 2. The number of nitrogens with zero attached hydrogens (tertiary/aromatic N) is 2. The molecule has 0 spiro atoms. The van der Waals surface area contributed by atoms with Gasteiger partial charge in [-0.1, -0.05) is 13.8 Å². The maximum absolute atomic E-state index is 12.4. The summed E-state index contributed by atoms with van der Waals surface area (Å²) in [5.74, 6) is 1.29. The summed E-state index contributed by atoms with van der Waals surface area (Å²) in [5.41, 5.74) is 1.31. The van der Waals surface area contributed by atoms with E-state index in [1.807, 2.05) is 22.9 Å². The van der Waals surface area contributed by atoms with Crippen LogP contribution in [-0.4, -0.2) is 36.4 Å². The van der Waals surface area contributed by atoms with Gasteiger partial charge >= 0.3 is 0 Å². The predicted molar refractivity (Wildman–Crippen MR) is 109 cm³/mol. The van der Waals surface area contributed by atoms with E-state index in [0.717, 1.165) is 25.2 Å². The van der Waals surface area contributed by atoms with Crippen LogP contribution in [0.5, 0.6) is 0 Å². The fourth-order valence-electron chi connectivity index (χ4n) is 3.09. The Morgan fingerprint density at radius 1 is 1.33 bits per heavy atom. The molecule has 1 unspecified atom stereocenters. The number of carbonyl (C=O) groups is 2. The lowest BCUT2D eigenvalue weighted by molar-refractivity contribution is -0.125. The Balaban J connectivity index is 1.57. The molecule has 6 nitrogen and oxygen atoms in total. The molecule has 2 aromatic rings. The lowest BCUT2D eigenvalue weighted by Gasteiger charge is -2.33. The highest BCUT2D eigenvalue weighted by Gasteiger charge is 2.26. The molecule has 2 amide bonds. The van der Waals surface area contributed by atoms with E-state index in [4.69, 9.17) is 0 Å². The van der Waals surface area contributed by atoms with Gasteiger partial charge < -0.3 is 15.5 Å². The highest BCUT2D eigenvalue weighted by molar-refractivity contribution is 7.08. The van der Waals surface area contributed by atoms with E-state index < -0.39 is 0 Å². The van der Waals surface area contributed by atoms with Crippen molar-refractivity contribution in [1.82, 2.24) is 10.3 Å². The Kier molecular flexibility index (Phi) is 6.45. The number of pyridine rings is 1. The molecule has 1 aliphatic heterocycles. The van der Waals surface area contributed by atoms with Gasteiger partial charge in [0.1, 0.15) is 5.82 Å². The lowest BCUT2D eigenvalue weighted by Crippen LogP contribution is -2.44. The van der Waals surface area contributed by atoms with Gasteiger partial charge in [-0.25, -0.2) is 4.98 Å². The van der Waals surface area contributed by atoms with Crippen LogP contribution in [0.1, 0.15) is 37.0 Å². The van der Waals surface area contributed by atoms with Crippen LogP contribution in [0.15, 0.2) is 35.2 Å². The molecule has 0 saturated carbocycles. The van der Waals surface area contributed by atoms with E-state index in [0.29, 0.717) is 30.3 Å². The predicted octanol–water partition coefficient (Wildman–Crippen LogP) is 3.38. The van der Waals surface area contributed by atoms with Crippen LogP contribution < -0.4 is 15.5 Å². The Morgan fingerprint density at radius 2 is 2.19 bits per heavy atom. The zero-order chi connectivity index (χ0) is 19.2. The number of thiophene rings is 1. The van der Waals surface area contributed by atoms with E-state index in [1.165, 1.54) is 11.3 Å². The quantitative estimate of drug-likeness (QED) is 0.798. The number of anilines is 2. The average molecular weight is 387 g/mol. The van der Waals surface area contributed by atoms with E-state index in [1.54, 1.807) is 12.3 Å². The number of carbonyl (C=O) groups excluding carboxylic acids is 2. The first kappa shape index (κ1) is 19.4. The summed E-state index contributed by atoms with van der Waals surface area (Å²) in [6, 6.07) is 5.55. The van der Waals surface area contributed by atoms with E-state index in [-0.39, 0.29) is 17.7 Å². The average Bonchev–Trinajstić information content (AvgIpc) is 3.22. The smallest absolute Gasteiger partial charge is 0.256 e. The van der Waals surface area contributed by atoms with Crippen molar-refractivity contribution in [2.45, 2.75) is 26.7 Å². The molecule has 1 fully saturated rings. The molecule has 0 aliphatic carbocycles. The SMILES string of the molecule is CC(C)CNC(=O)C1CCCN(c2ccc(NC(=O)c3ccsc3)cn2)C1. The number of hydrogen-bond acceptors (Lipinski definition) is 5. The first-order chi connectivity index (χ1) is 13.0. The van der Waals surface area contributed by atoms with Crippen LogP contribution in [0.4, 0.5) is 11.5 Å². The molecule has 2 N–H and O–H groups in total. The second-order valence-electron chi connectivity index (χ2n) is 7.30. The topological polar surface area (TPSA) is 74.3 Å². The fraction of sp³-hybridized carbons (Fsp3) is 0.450. The first-order valence-electron chi connectivity index (χ1n) is 9.35. The minimum Gasteiger partial charge on any atom is -0.356 e. The second-order valence-corrected chi connectivity index (χ2v) is 8.08. The molecule has 3 heterocycles. The van der Waals surface area contributed by atoms with Crippen molar-refractivity contribution in [3.63, 3.8) is 0 Å². The number of rotatable bonds is 6. The molecule has 1 atom stereocenters. The third-order valence-corrected chi connectivity index (χ3v) is 5.27. The maximum Gasteiger partial charge on any atom is 0.256 e. The van der Waals surface area contributed by atoms with Gasteiger partial charge in [-0.3, -0.25) is 9.59 Å². The van der Waals surface area contributed by atoms with Crippen LogP contribution in [0.25, 0.3) is 0 Å². The molecule has 0 bridgehead atoms. The standard InChI is InChI=1S/C20H26N4O2S/c1-14(2)10-22-19(25)15-4-3-8-24(12-15)18-6-5-17(11-21-18)23-20(26)16-7-9-27-13-16/h5-7,9,11,13-15H,3-4,8,10,12H2,1-2H3,(H,22,25)(H,23,26). The van der Waals surface area contributed by atoms with Gasteiger partial charge in [-0.05, 0) is 42.3 Å². The van der Waals surface area contributed by atoms with Gasteiger partial charge in [0, 0.05) is 25.0 Å². The van der Waals surface area contributed by atoms with Crippen molar-refractivity contribution in [2.24, 2.45) is 11.8 Å². The third kappa shape index (κ3) is 5.29. The summed E-state index contributed by atoms with van der Waals surface area (Å²) in [6.07, 6.45) is 3.55. The number of amides is 2. The summed E-state index contributed by atoms with van der Waals surface area (Å²) in [4.78, 5) is 31.1. The highest BCUT2D eigenvalue weighted by Crippen LogP contribution is 2.23. The Labute approximate surface area is 164 Å². The lowest BCUT2D eigenvalue weighted by atomic mass is 9.97. The summed E-state index contributed by atoms with van der Waals surface area (Å²) >= 11 is 1.49. The van der Waals surface area contributed by atoms with Crippen molar-refractivity contribution in [3.8, 4) is 0 Å². The van der Waals surface area contributed by atoms with Crippen molar-refractivity contribution in [3.05, 3.63) is 40.7 Å². The molecule has 0 aromatic carbocycles. The van der Waals surface area contributed by atoms with Crippen molar-refractivity contribution < 1.29 is 9.59 Å². The van der Waals surface area contributed by atoms with Gasteiger partial charge in [0.25, 0.3) is 5.91 Å². The molecule has 1 saturated heterocycles. The molecule has 1 aliphatic rings. The van der Waals surface area contributed by atoms with Gasteiger partial charge in [-0.2, -0.15) is 11.3 Å². The number of hydrogen-bond donors (Lipinski definition) is 2. The molecule has 0 radical (unpaired) electrons.